The van der Waals surface area contributed by atoms with Crippen molar-refractivity contribution in [1.82, 2.24) is 0 Å². The lowest BCUT2D eigenvalue weighted by Crippen LogP contribution is -2.68. The molecule has 0 aromatic carbocycles. The van der Waals surface area contributed by atoms with Gasteiger partial charge in [-0.1, -0.05) is 60.1 Å². The molecule has 0 aromatic rings. The van der Waals surface area contributed by atoms with Gasteiger partial charge in [0.25, 0.3) is 0 Å². The number of carbonyl (C=O) groups excluding carboxylic acids is 1. The molecule has 9 rings (SSSR count). The molecule has 472 valence electrons. The Balaban J connectivity index is 0.892. The van der Waals surface area contributed by atoms with Gasteiger partial charge in [0.1, 0.15) is 103 Å². The number of carbonyl (C=O) groups is 1. The van der Waals surface area contributed by atoms with Gasteiger partial charge in [0, 0.05) is 0 Å². The summed E-state index contributed by atoms with van der Waals surface area (Å²) in [5.74, 6) is -1.38. The fraction of sp³-hybridized carbons (Fsp3) is 0.944. The first-order chi connectivity index (χ1) is 38.1. The fourth-order valence-electron chi connectivity index (χ4n) is 16.6. The molecular formula is C54H87O27S-. The predicted octanol–water partition coefficient (Wildman–Crippen LogP) is -3.58. The van der Waals surface area contributed by atoms with Gasteiger partial charge in [0.05, 0.1) is 38.6 Å². The zero-order valence-electron chi connectivity index (χ0n) is 47.2. The Morgan fingerprint density at radius 3 is 1.70 bits per heavy atom. The summed E-state index contributed by atoms with van der Waals surface area (Å²) in [5, 5.41) is 152. The zero-order chi connectivity index (χ0) is 60.4. The number of allylic oxidation sites excluding steroid dienone is 2. The first kappa shape index (κ1) is 64.7. The van der Waals surface area contributed by atoms with Crippen molar-refractivity contribution in [2.24, 2.45) is 50.2 Å². The van der Waals surface area contributed by atoms with E-state index in [0.717, 1.165) is 5.57 Å². The summed E-state index contributed by atoms with van der Waals surface area (Å²) in [6, 6.07) is 0. The molecule has 9 aliphatic rings. The number of aliphatic hydroxyl groups excluding tert-OH is 14. The van der Waals surface area contributed by atoms with Crippen LogP contribution in [0.5, 0.6) is 0 Å². The highest BCUT2D eigenvalue weighted by atomic mass is 32.3. The third kappa shape index (κ3) is 11.0. The molecule has 0 amide bonds. The number of fused-ring (bicyclic) bond motifs is 7. The van der Waals surface area contributed by atoms with Crippen molar-refractivity contribution in [3.05, 3.63) is 11.6 Å². The molecule has 4 saturated carbocycles. The second-order valence-electron chi connectivity index (χ2n) is 26.9. The van der Waals surface area contributed by atoms with Crippen molar-refractivity contribution >= 4 is 16.4 Å². The smallest absolute Gasteiger partial charge is 0.317 e. The third-order valence-corrected chi connectivity index (χ3v) is 22.1. The highest BCUT2D eigenvalue weighted by Crippen LogP contribution is 2.76. The average molecular weight is 1200 g/mol. The maximum Gasteiger partial charge on any atom is 0.317 e. The Bertz CT molecular complexity index is 2410. The van der Waals surface area contributed by atoms with Crippen LogP contribution in [0.1, 0.15) is 106 Å². The Morgan fingerprint density at radius 2 is 1.11 bits per heavy atom. The zero-order valence-corrected chi connectivity index (χ0v) is 48.0. The van der Waals surface area contributed by atoms with Crippen LogP contribution in [0.25, 0.3) is 0 Å². The van der Waals surface area contributed by atoms with Crippen LogP contribution in [0.3, 0.4) is 0 Å². The van der Waals surface area contributed by atoms with Gasteiger partial charge >= 0.3 is 5.97 Å². The molecule has 27 nitrogen and oxygen atoms in total. The van der Waals surface area contributed by atoms with E-state index >= 15 is 4.79 Å². The molecule has 0 bridgehead atoms. The molecule has 0 radical (unpaired) electrons. The van der Waals surface area contributed by atoms with Gasteiger partial charge in [0.2, 0.25) is 16.7 Å². The lowest BCUT2D eigenvalue weighted by molar-refractivity contribution is -0.373. The van der Waals surface area contributed by atoms with E-state index in [4.69, 9.17) is 42.1 Å². The highest BCUT2D eigenvalue weighted by molar-refractivity contribution is 7.80. The Hall–Kier alpha value is -1.76. The van der Waals surface area contributed by atoms with E-state index in [2.05, 4.69) is 40.7 Å². The van der Waals surface area contributed by atoms with Crippen LogP contribution in [0.4, 0.5) is 0 Å². The van der Waals surface area contributed by atoms with Gasteiger partial charge in [-0.15, -0.1) is 0 Å². The summed E-state index contributed by atoms with van der Waals surface area (Å²) in [4.78, 5) is 15.2. The predicted molar refractivity (Wildman–Crippen MR) is 273 cm³/mol. The maximum atomic E-state index is 15.2. The average Bonchev–Trinajstić information content (AvgIpc) is 1.37. The molecule has 82 heavy (non-hydrogen) atoms. The van der Waals surface area contributed by atoms with E-state index in [-0.39, 0.29) is 35.5 Å². The third-order valence-electron chi connectivity index (χ3n) is 21.6. The van der Waals surface area contributed by atoms with E-state index in [1.165, 1.54) is 0 Å². The van der Waals surface area contributed by atoms with Crippen LogP contribution < -0.4 is 0 Å². The van der Waals surface area contributed by atoms with Gasteiger partial charge in [-0.05, 0) is 103 Å². The maximum absolute atomic E-state index is 15.2. The summed E-state index contributed by atoms with van der Waals surface area (Å²) in [6.45, 7) is 11.5. The summed E-state index contributed by atoms with van der Waals surface area (Å²) in [5.41, 5.74) is -2.85. The number of ether oxygens (including phenoxy) is 8. The van der Waals surface area contributed by atoms with E-state index in [1.807, 2.05) is 13.8 Å². The standard InChI is InChI=1S/C54H88O27S/c1-49(2)14-15-54(23(16-49)22-8-9-29-51(5)12-11-31(81-82(70,71)72)50(3,4)28(51)10-13-52(29,6)53(22,7)17-30(54)57)48(69)80-46-42(68)38(64)35(61)27(78-46)20-73-44-40(66)37(63)34(60)26(77-44)21-74-47-43(39(65)33(59)25(19-56)76-47)79-45-41(67)36(62)32(58)24(18-55)75-45/h8,23-47,55-68H,9-21H2,1-7H3,(H,70,71,72)/p-1/t23-,24+,25+,26+,27+,28-,29+,30+,31-,32+,33+,34+,35+,36-,37-,38-,39-,40+,41+,42+,43+,44+,45-,46-,47+,51-,52+,53+,54+/m0/s1. The van der Waals surface area contributed by atoms with Gasteiger partial charge in [0.15, 0.2) is 18.9 Å². The van der Waals surface area contributed by atoms with Gasteiger partial charge in [-0.2, -0.15) is 0 Å². The summed E-state index contributed by atoms with van der Waals surface area (Å²) in [6.07, 6.45) is -32.3. The molecule has 0 aromatic heterocycles. The summed E-state index contributed by atoms with van der Waals surface area (Å²) in [7, 11) is -4.95. The van der Waals surface area contributed by atoms with Gasteiger partial charge in [-0.3, -0.25) is 8.98 Å². The monoisotopic (exact) mass is 1200 g/mol. The van der Waals surface area contributed by atoms with Gasteiger partial charge in [-0.25, -0.2) is 8.42 Å². The molecule has 0 unspecified atom stereocenters. The van der Waals surface area contributed by atoms with E-state index in [1.54, 1.807) is 0 Å². The van der Waals surface area contributed by atoms with Crippen LogP contribution in [0.15, 0.2) is 11.6 Å². The number of hydrogen-bond acceptors (Lipinski definition) is 27. The quantitative estimate of drug-likeness (QED) is 0.0346. The molecular weight excluding hydrogens is 1110 g/mol. The molecule has 29 atom stereocenters. The van der Waals surface area contributed by atoms with Gasteiger partial charge < -0.3 is 114 Å². The molecule has 4 aliphatic heterocycles. The number of esters is 1. The second-order valence-corrected chi connectivity index (χ2v) is 27.9. The molecule has 8 fully saturated rings. The van der Waals surface area contributed by atoms with E-state index in [9.17, 15) is 84.5 Å². The highest BCUT2D eigenvalue weighted by Gasteiger charge is 2.72. The molecule has 4 heterocycles. The van der Waals surface area contributed by atoms with Crippen molar-refractivity contribution in [3.8, 4) is 0 Å². The molecule has 4 saturated heterocycles. The van der Waals surface area contributed by atoms with Crippen molar-refractivity contribution in [3.63, 3.8) is 0 Å². The Kier molecular flexibility index (Phi) is 18.4. The Morgan fingerprint density at radius 1 is 0.598 bits per heavy atom. The minimum absolute atomic E-state index is 0.00151. The second kappa shape index (κ2) is 23.3. The van der Waals surface area contributed by atoms with Crippen molar-refractivity contribution < 1.29 is 131 Å². The Labute approximate surface area is 475 Å². The lowest BCUT2D eigenvalue weighted by atomic mass is 9.33. The fourth-order valence-corrected chi connectivity index (χ4v) is 17.2. The molecule has 28 heteroatoms. The summed E-state index contributed by atoms with van der Waals surface area (Å²) < 4.78 is 86.8. The normalized spacial score (nSPS) is 52.0. The molecule has 5 aliphatic carbocycles. The first-order valence-electron chi connectivity index (χ1n) is 28.6. The number of rotatable bonds is 14. The van der Waals surface area contributed by atoms with Crippen molar-refractivity contribution in [1.29, 1.82) is 0 Å². The van der Waals surface area contributed by atoms with Crippen LogP contribution >= 0.6 is 0 Å². The van der Waals surface area contributed by atoms with Crippen LogP contribution in [-0.4, -0.2) is 252 Å². The van der Waals surface area contributed by atoms with Crippen molar-refractivity contribution in [2.45, 2.75) is 241 Å². The molecule has 14 N–H and O–H groups in total. The molecule has 0 spiro atoms. The van der Waals surface area contributed by atoms with Crippen LogP contribution in [0.2, 0.25) is 0 Å². The number of hydrogen-bond donors (Lipinski definition) is 14. The SMILES string of the molecule is CC1(C)CC[C@]2(C(=O)O[C@@H]3O[C@H](CO[C@@H]4O[C@H](CO[C@@H]5O[C@H](CO)[C@@H](O)[C@H](O)[C@H]5O[C@@H]5O[C@H](CO)[C@@H](O)[C@H](O)[C@H]5O)[C@@H](O)[C@H](O)[C@H]4O)[C@@H](O)[C@H](O)[C@H]3O)[C@H](O)C[C@]3(C)C(=CC[C@@H]4[C@@]5(C)CC[C@H](OS(=O)(=O)[O-])C(C)(C)[C@@H]5CC[C@]43C)[C@@H]2C1. The first-order valence-corrected chi connectivity index (χ1v) is 29.9. The minimum Gasteiger partial charge on any atom is -0.726 e. The van der Waals surface area contributed by atoms with E-state index in [0.29, 0.717) is 44.9 Å². The largest absolute Gasteiger partial charge is 0.726 e. The summed E-state index contributed by atoms with van der Waals surface area (Å²) >= 11 is 0. The lowest BCUT2D eigenvalue weighted by Gasteiger charge is -2.71. The van der Waals surface area contributed by atoms with Crippen LogP contribution in [-0.2, 0) is 57.3 Å². The van der Waals surface area contributed by atoms with Crippen LogP contribution in [0, 0.1) is 50.2 Å². The van der Waals surface area contributed by atoms with E-state index < -0.39 is 205 Å². The van der Waals surface area contributed by atoms with Crippen molar-refractivity contribution in [2.75, 3.05) is 26.4 Å². The topological polar surface area (TPSA) is 441 Å². The number of aliphatic hydroxyl groups is 14. The minimum atomic E-state index is -4.95.